The fourth-order valence-corrected chi connectivity index (χ4v) is 2.57. The molecule has 0 atom stereocenters. The number of rotatable bonds is 6. The molecule has 0 amide bonds. The van der Waals surface area contributed by atoms with Gasteiger partial charge in [0, 0.05) is 27.2 Å². The molecule has 0 fully saturated rings. The average molecular weight is 266 g/mol. The molecular formula is C12H18N4OS. The summed E-state index contributed by atoms with van der Waals surface area (Å²) in [7, 11) is 3.55. The van der Waals surface area contributed by atoms with Crippen LogP contribution in [0.1, 0.15) is 6.92 Å². The molecule has 0 bridgehead atoms. The molecule has 0 unspecified atom stereocenters. The largest absolute Gasteiger partial charge is 0.383 e. The van der Waals surface area contributed by atoms with Gasteiger partial charge in [-0.05, 0) is 18.4 Å². The second-order valence-electron chi connectivity index (χ2n) is 3.83. The van der Waals surface area contributed by atoms with Crippen molar-refractivity contribution in [2.45, 2.75) is 6.92 Å². The number of hydrogen-bond acceptors (Lipinski definition) is 6. The highest BCUT2D eigenvalue weighted by molar-refractivity contribution is 7.16. The topological polar surface area (TPSA) is 50.3 Å². The number of methoxy groups -OCH3 is 1. The highest BCUT2D eigenvalue weighted by Crippen LogP contribution is 2.28. The van der Waals surface area contributed by atoms with Crippen molar-refractivity contribution in [3.05, 3.63) is 11.4 Å². The molecule has 2 rings (SSSR count). The second-order valence-corrected chi connectivity index (χ2v) is 4.73. The molecule has 0 spiro atoms. The van der Waals surface area contributed by atoms with Gasteiger partial charge in [-0.2, -0.15) is 4.98 Å². The van der Waals surface area contributed by atoms with Crippen LogP contribution >= 0.6 is 11.3 Å². The summed E-state index contributed by atoms with van der Waals surface area (Å²) in [5.41, 5.74) is 0. The fraction of sp³-hybridized carbons (Fsp3) is 0.500. The molecule has 1 N–H and O–H groups in total. The van der Waals surface area contributed by atoms with Crippen molar-refractivity contribution < 1.29 is 4.74 Å². The van der Waals surface area contributed by atoms with Gasteiger partial charge in [-0.1, -0.05) is 0 Å². The third-order valence-corrected chi connectivity index (χ3v) is 3.58. The van der Waals surface area contributed by atoms with Gasteiger partial charge in [0.15, 0.2) is 0 Å². The molecule has 0 aliphatic rings. The van der Waals surface area contributed by atoms with Crippen LogP contribution in [0.5, 0.6) is 0 Å². The van der Waals surface area contributed by atoms with Crippen molar-refractivity contribution in [1.82, 2.24) is 9.97 Å². The van der Waals surface area contributed by atoms with Crippen molar-refractivity contribution in [2.24, 2.45) is 0 Å². The lowest BCUT2D eigenvalue weighted by Crippen LogP contribution is -2.28. The Balaban J connectivity index is 2.42. The monoisotopic (exact) mass is 266 g/mol. The molecule has 18 heavy (non-hydrogen) atoms. The zero-order valence-electron chi connectivity index (χ0n) is 10.9. The van der Waals surface area contributed by atoms with Crippen molar-refractivity contribution in [2.75, 3.05) is 44.1 Å². The number of hydrogen-bond donors (Lipinski definition) is 1. The smallest absolute Gasteiger partial charge is 0.225 e. The molecule has 2 aromatic heterocycles. The van der Waals surface area contributed by atoms with Crippen molar-refractivity contribution in [3.8, 4) is 0 Å². The molecular weight excluding hydrogens is 248 g/mol. The molecule has 0 saturated carbocycles. The van der Waals surface area contributed by atoms with E-state index in [2.05, 4.69) is 33.2 Å². The van der Waals surface area contributed by atoms with Gasteiger partial charge < -0.3 is 15.0 Å². The van der Waals surface area contributed by atoms with Crippen molar-refractivity contribution in [1.29, 1.82) is 0 Å². The van der Waals surface area contributed by atoms with Crippen LogP contribution in [0.25, 0.3) is 10.2 Å². The summed E-state index contributed by atoms with van der Waals surface area (Å²) in [5.74, 6) is 1.64. The van der Waals surface area contributed by atoms with Gasteiger partial charge in [-0.15, -0.1) is 11.3 Å². The number of nitrogens with one attached hydrogen (secondary N) is 1. The van der Waals surface area contributed by atoms with E-state index in [9.17, 15) is 0 Å². The van der Waals surface area contributed by atoms with Gasteiger partial charge in [0.1, 0.15) is 10.6 Å². The van der Waals surface area contributed by atoms with E-state index >= 15 is 0 Å². The van der Waals surface area contributed by atoms with Crippen molar-refractivity contribution in [3.63, 3.8) is 0 Å². The van der Waals surface area contributed by atoms with Gasteiger partial charge in [0.2, 0.25) is 5.95 Å². The summed E-state index contributed by atoms with van der Waals surface area (Å²) in [5, 5.41) is 6.17. The number of aromatic nitrogens is 2. The molecule has 2 aromatic rings. The van der Waals surface area contributed by atoms with E-state index in [1.54, 1.807) is 18.4 Å². The molecule has 0 saturated heterocycles. The van der Waals surface area contributed by atoms with Crippen LogP contribution in [-0.2, 0) is 4.74 Å². The Hall–Kier alpha value is -1.40. The first-order valence-electron chi connectivity index (χ1n) is 5.97. The zero-order chi connectivity index (χ0) is 13.0. The Kier molecular flexibility index (Phi) is 4.33. The molecule has 0 aromatic carbocycles. The molecule has 0 aliphatic carbocycles. The van der Waals surface area contributed by atoms with Crippen LogP contribution in [0.4, 0.5) is 11.8 Å². The Bertz CT molecular complexity index is 514. The Morgan fingerprint density at radius 1 is 1.44 bits per heavy atom. The lowest BCUT2D eigenvalue weighted by molar-refractivity contribution is 0.205. The Morgan fingerprint density at radius 2 is 2.28 bits per heavy atom. The minimum Gasteiger partial charge on any atom is -0.383 e. The summed E-state index contributed by atoms with van der Waals surface area (Å²) in [4.78, 5) is 12.2. The predicted molar refractivity (Wildman–Crippen MR) is 76.7 cm³/mol. The SMILES string of the molecule is CCN(CCOC)c1nc(NC)nc2sccc12. The average Bonchev–Trinajstić information content (AvgIpc) is 2.87. The van der Waals surface area contributed by atoms with E-state index in [0.29, 0.717) is 12.6 Å². The maximum Gasteiger partial charge on any atom is 0.225 e. The molecule has 6 heteroatoms. The van der Waals surface area contributed by atoms with E-state index in [1.165, 1.54) is 0 Å². The number of likely N-dealkylation sites (N-methyl/N-ethyl adjacent to an activating group) is 1. The number of fused-ring (bicyclic) bond motifs is 1. The standard InChI is InChI=1S/C12H18N4OS/c1-4-16(6-7-17-3)10-9-5-8-18-11(9)15-12(13-2)14-10/h5,8H,4,6-7H2,1-3H3,(H,13,14,15). The van der Waals surface area contributed by atoms with E-state index in [4.69, 9.17) is 4.74 Å². The minimum absolute atomic E-state index is 0.663. The maximum absolute atomic E-state index is 5.15. The number of thiophene rings is 1. The quantitative estimate of drug-likeness (QED) is 0.868. The van der Waals surface area contributed by atoms with Gasteiger partial charge in [-0.25, -0.2) is 4.98 Å². The number of anilines is 2. The lowest BCUT2D eigenvalue weighted by atomic mass is 10.3. The number of ether oxygens (including phenoxy) is 1. The third-order valence-electron chi connectivity index (χ3n) is 2.78. The lowest BCUT2D eigenvalue weighted by Gasteiger charge is -2.22. The summed E-state index contributed by atoms with van der Waals surface area (Å²) in [6.45, 7) is 4.54. The van der Waals surface area contributed by atoms with E-state index in [1.807, 2.05) is 12.4 Å². The van der Waals surface area contributed by atoms with Crippen LogP contribution in [0.15, 0.2) is 11.4 Å². The summed E-state index contributed by atoms with van der Waals surface area (Å²) < 4.78 is 5.15. The molecule has 0 aliphatic heterocycles. The van der Waals surface area contributed by atoms with E-state index in [0.717, 1.165) is 29.1 Å². The highest BCUT2D eigenvalue weighted by Gasteiger charge is 2.13. The fourth-order valence-electron chi connectivity index (χ4n) is 1.81. The second kappa shape index (κ2) is 5.97. The summed E-state index contributed by atoms with van der Waals surface area (Å²) in [6, 6.07) is 2.07. The maximum atomic E-state index is 5.15. The number of nitrogens with zero attached hydrogens (tertiary/aromatic N) is 3. The predicted octanol–water partition coefficient (Wildman–Crippen LogP) is 2.21. The third kappa shape index (κ3) is 2.54. The molecule has 98 valence electrons. The highest BCUT2D eigenvalue weighted by atomic mass is 32.1. The molecule has 5 nitrogen and oxygen atoms in total. The molecule has 2 heterocycles. The van der Waals surface area contributed by atoms with Gasteiger partial charge in [-0.3, -0.25) is 0 Å². The van der Waals surface area contributed by atoms with Crippen LogP contribution in [0, 0.1) is 0 Å². The van der Waals surface area contributed by atoms with Crippen LogP contribution in [0.2, 0.25) is 0 Å². The Morgan fingerprint density at radius 3 is 2.94 bits per heavy atom. The summed E-state index contributed by atoms with van der Waals surface area (Å²) in [6.07, 6.45) is 0. The normalized spacial score (nSPS) is 10.8. The van der Waals surface area contributed by atoms with Crippen molar-refractivity contribution >= 4 is 33.3 Å². The first kappa shape index (κ1) is 13.0. The van der Waals surface area contributed by atoms with Gasteiger partial charge >= 0.3 is 0 Å². The first-order valence-corrected chi connectivity index (χ1v) is 6.85. The zero-order valence-corrected chi connectivity index (χ0v) is 11.8. The minimum atomic E-state index is 0.663. The van der Waals surface area contributed by atoms with Crippen LogP contribution in [-0.4, -0.2) is 43.8 Å². The van der Waals surface area contributed by atoms with Gasteiger partial charge in [0.05, 0.1) is 12.0 Å². The van der Waals surface area contributed by atoms with E-state index in [-0.39, 0.29) is 0 Å². The van der Waals surface area contributed by atoms with Crippen LogP contribution in [0.3, 0.4) is 0 Å². The summed E-state index contributed by atoms with van der Waals surface area (Å²) >= 11 is 1.63. The first-order chi connectivity index (χ1) is 8.80. The van der Waals surface area contributed by atoms with Crippen LogP contribution < -0.4 is 10.2 Å². The van der Waals surface area contributed by atoms with E-state index < -0.39 is 0 Å². The Labute approximate surface area is 111 Å². The van der Waals surface area contributed by atoms with Gasteiger partial charge in [0.25, 0.3) is 0 Å². The molecule has 0 radical (unpaired) electrons.